The van der Waals surface area contributed by atoms with Crippen LogP contribution in [0.1, 0.15) is 42.1 Å². The van der Waals surface area contributed by atoms with E-state index in [1.807, 2.05) is 26.0 Å². The number of benzene rings is 1. The molecule has 0 aromatic heterocycles. The first-order valence-corrected chi connectivity index (χ1v) is 7.57. The number of phenolic OH excluding ortho intramolecular Hbond substituents is 1. The van der Waals surface area contributed by atoms with E-state index in [4.69, 9.17) is 9.47 Å². The molecule has 0 heterocycles. The predicted octanol–water partition coefficient (Wildman–Crippen LogP) is 4.37. The molecule has 124 valence electrons. The minimum absolute atomic E-state index is 0.0154. The van der Waals surface area contributed by atoms with E-state index < -0.39 is 0 Å². The van der Waals surface area contributed by atoms with E-state index in [0.29, 0.717) is 12.9 Å². The molecule has 1 N–H and O–H groups in total. The Morgan fingerprint density at radius 1 is 1.43 bits per heavy atom. The van der Waals surface area contributed by atoms with Crippen LogP contribution < -0.4 is 4.74 Å². The van der Waals surface area contributed by atoms with Gasteiger partial charge in [-0.05, 0) is 42.2 Å². The summed E-state index contributed by atoms with van der Waals surface area (Å²) in [7, 11) is 1.46. The van der Waals surface area contributed by atoms with Crippen LogP contribution in [0.5, 0.6) is 11.5 Å². The minimum Gasteiger partial charge on any atom is -0.504 e. The summed E-state index contributed by atoms with van der Waals surface area (Å²) < 4.78 is 10.7. The Balaban J connectivity index is 3.02. The number of carbonyl (C=O) groups excluding carboxylic acids is 1. The summed E-state index contributed by atoms with van der Waals surface area (Å²) in [6.07, 6.45) is 8.86. The van der Waals surface area contributed by atoms with Crippen molar-refractivity contribution in [1.82, 2.24) is 0 Å². The van der Waals surface area contributed by atoms with E-state index >= 15 is 0 Å². The predicted molar refractivity (Wildman–Crippen MR) is 92.1 cm³/mol. The highest BCUT2D eigenvalue weighted by Gasteiger charge is 2.12. The number of carbonyl (C=O) groups is 1. The zero-order chi connectivity index (χ0) is 17.2. The molecule has 4 heteroatoms. The van der Waals surface area contributed by atoms with Crippen molar-refractivity contribution in [2.24, 2.45) is 0 Å². The Morgan fingerprint density at radius 3 is 2.74 bits per heavy atom. The van der Waals surface area contributed by atoms with E-state index in [0.717, 1.165) is 17.7 Å². The van der Waals surface area contributed by atoms with E-state index in [2.05, 4.69) is 6.58 Å². The van der Waals surface area contributed by atoms with Crippen molar-refractivity contribution in [1.29, 1.82) is 0 Å². The standard InChI is InChI=1S/C19H24O4/c1-5-7-17(23-10-6-2)9-8-14(3)15-11-16(13-20)19(21)18(12-15)22-4/h5,7-9,11-14,21H,1,6,10H2,2-4H3/b9-8-,17-7+. The second-order valence-electron chi connectivity index (χ2n) is 5.08. The van der Waals surface area contributed by atoms with E-state index in [9.17, 15) is 9.90 Å². The van der Waals surface area contributed by atoms with Crippen molar-refractivity contribution in [3.63, 3.8) is 0 Å². The van der Waals surface area contributed by atoms with Crippen LogP contribution in [0.2, 0.25) is 0 Å². The Morgan fingerprint density at radius 2 is 2.17 bits per heavy atom. The highest BCUT2D eigenvalue weighted by atomic mass is 16.5. The molecule has 1 aromatic rings. The van der Waals surface area contributed by atoms with Crippen LogP contribution in [-0.2, 0) is 4.74 Å². The van der Waals surface area contributed by atoms with E-state index in [1.54, 1.807) is 24.3 Å². The van der Waals surface area contributed by atoms with Crippen molar-refractivity contribution in [3.8, 4) is 11.5 Å². The molecule has 0 aliphatic carbocycles. The van der Waals surface area contributed by atoms with Crippen molar-refractivity contribution in [2.75, 3.05) is 13.7 Å². The van der Waals surface area contributed by atoms with E-state index in [-0.39, 0.29) is 23.0 Å². The lowest BCUT2D eigenvalue weighted by atomic mass is 9.97. The quantitative estimate of drug-likeness (QED) is 0.417. The molecule has 1 unspecified atom stereocenters. The lowest BCUT2D eigenvalue weighted by Gasteiger charge is -2.13. The van der Waals surface area contributed by atoms with Crippen LogP contribution in [0.3, 0.4) is 0 Å². The molecule has 23 heavy (non-hydrogen) atoms. The number of rotatable bonds is 9. The molecule has 1 rings (SSSR count). The summed E-state index contributed by atoms with van der Waals surface area (Å²) in [4.78, 5) is 11.1. The fourth-order valence-electron chi connectivity index (χ4n) is 2.00. The molecule has 0 bridgehead atoms. The molecule has 1 aromatic carbocycles. The molecule has 4 nitrogen and oxygen atoms in total. The lowest BCUT2D eigenvalue weighted by Crippen LogP contribution is -1.96. The minimum atomic E-state index is -0.138. The summed E-state index contributed by atoms with van der Waals surface area (Å²) >= 11 is 0. The number of phenols is 1. The van der Waals surface area contributed by atoms with Crippen molar-refractivity contribution in [2.45, 2.75) is 26.2 Å². The molecular weight excluding hydrogens is 292 g/mol. The molecule has 0 saturated carbocycles. The molecule has 0 radical (unpaired) electrons. The first kappa shape index (κ1) is 18.6. The maximum Gasteiger partial charge on any atom is 0.168 e. The van der Waals surface area contributed by atoms with Gasteiger partial charge in [-0.2, -0.15) is 0 Å². The first-order valence-electron chi connectivity index (χ1n) is 7.57. The van der Waals surface area contributed by atoms with Gasteiger partial charge in [0.2, 0.25) is 0 Å². The van der Waals surface area contributed by atoms with Crippen molar-refractivity contribution >= 4 is 6.29 Å². The van der Waals surface area contributed by atoms with Gasteiger partial charge in [0.1, 0.15) is 5.76 Å². The zero-order valence-corrected chi connectivity index (χ0v) is 13.9. The average Bonchev–Trinajstić information content (AvgIpc) is 2.57. The smallest absolute Gasteiger partial charge is 0.168 e. The largest absolute Gasteiger partial charge is 0.504 e. The Kier molecular flexibility index (Phi) is 7.67. The van der Waals surface area contributed by atoms with Gasteiger partial charge in [-0.25, -0.2) is 0 Å². The van der Waals surface area contributed by atoms with Gasteiger partial charge in [0.15, 0.2) is 17.8 Å². The lowest BCUT2D eigenvalue weighted by molar-refractivity contribution is 0.112. The van der Waals surface area contributed by atoms with Gasteiger partial charge in [0.25, 0.3) is 0 Å². The molecule has 1 atom stereocenters. The third-order valence-electron chi connectivity index (χ3n) is 3.30. The highest BCUT2D eigenvalue weighted by molar-refractivity contribution is 5.81. The van der Waals surface area contributed by atoms with Gasteiger partial charge in [0.05, 0.1) is 19.3 Å². The summed E-state index contributed by atoms with van der Waals surface area (Å²) in [5.41, 5.74) is 1.08. The summed E-state index contributed by atoms with van der Waals surface area (Å²) in [5.74, 6) is 0.895. The highest BCUT2D eigenvalue weighted by Crippen LogP contribution is 2.33. The van der Waals surface area contributed by atoms with Gasteiger partial charge in [-0.3, -0.25) is 4.79 Å². The molecule has 0 aliphatic rings. The summed E-state index contributed by atoms with van der Waals surface area (Å²) in [5, 5.41) is 9.87. The van der Waals surface area contributed by atoms with Gasteiger partial charge in [0, 0.05) is 0 Å². The second kappa shape index (κ2) is 9.51. The molecule has 0 aliphatic heterocycles. The van der Waals surface area contributed by atoms with Crippen molar-refractivity contribution < 1.29 is 19.4 Å². The SMILES string of the molecule is C=C/C=C(\C=C/C(C)c1cc(C=O)c(O)c(OC)c1)OCCC. The van der Waals surface area contributed by atoms with Gasteiger partial charge in [-0.1, -0.05) is 32.6 Å². The van der Waals surface area contributed by atoms with Crippen LogP contribution in [-0.4, -0.2) is 25.1 Å². The van der Waals surface area contributed by atoms with Gasteiger partial charge >= 0.3 is 0 Å². The number of hydrogen-bond acceptors (Lipinski definition) is 4. The molecular formula is C19H24O4. The third-order valence-corrected chi connectivity index (χ3v) is 3.30. The van der Waals surface area contributed by atoms with Crippen LogP contribution in [0.25, 0.3) is 0 Å². The van der Waals surface area contributed by atoms with Crippen molar-refractivity contribution in [3.05, 3.63) is 59.9 Å². The van der Waals surface area contributed by atoms with Gasteiger partial charge < -0.3 is 14.6 Å². The zero-order valence-electron chi connectivity index (χ0n) is 13.9. The third kappa shape index (κ3) is 5.33. The molecule has 0 fully saturated rings. The summed E-state index contributed by atoms with van der Waals surface area (Å²) in [6.45, 7) is 8.35. The number of allylic oxidation sites excluding steroid dienone is 4. The number of methoxy groups -OCH3 is 1. The maximum atomic E-state index is 11.1. The Labute approximate surface area is 137 Å². The fourth-order valence-corrected chi connectivity index (χ4v) is 2.00. The van der Waals surface area contributed by atoms with Crippen LogP contribution in [0.4, 0.5) is 0 Å². The summed E-state index contributed by atoms with van der Waals surface area (Å²) in [6, 6.07) is 3.38. The number of aromatic hydroxyl groups is 1. The normalized spacial score (nSPS) is 12.9. The number of aldehydes is 1. The molecule has 0 amide bonds. The Bertz CT molecular complexity index is 600. The maximum absolute atomic E-state index is 11.1. The van der Waals surface area contributed by atoms with Crippen LogP contribution in [0.15, 0.2) is 48.8 Å². The first-order chi connectivity index (χ1) is 11.1. The molecule has 0 saturated heterocycles. The number of ether oxygens (including phenoxy) is 2. The monoisotopic (exact) mass is 316 g/mol. The Hall–Kier alpha value is -2.49. The van der Waals surface area contributed by atoms with Crippen LogP contribution >= 0.6 is 0 Å². The fraction of sp³-hybridized carbons (Fsp3) is 0.316. The number of hydrogen-bond donors (Lipinski definition) is 1. The van der Waals surface area contributed by atoms with E-state index in [1.165, 1.54) is 7.11 Å². The topological polar surface area (TPSA) is 55.8 Å². The average molecular weight is 316 g/mol. The second-order valence-corrected chi connectivity index (χ2v) is 5.08. The van der Waals surface area contributed by atoms with Crippen LogP contribution in [0, 0.1) is 0 Å². The molecule has 0 spiro atoms. The van der Waals surface area contributed by atoms with Gasteiger partial charge in [-0.15, -0.1) is 0 Å².